The van der Waals surface area contributed by atoms with E-state index >= 15 is 0 Å². The molecule has 1 aliphatic rings. The SMILES string of the molecule is CN(c1cccc(N)c1)C1CCCOC1. The van der Waals surface area contributed by atoms with Gasteiger partial charge in [0.05, 0.1) is 12.6 Å². The molecule has 1 fully saturated rings. The summed E-state index contributed by atoms with van der Waals surface area (Å²) in [7, 11) is 2.11. The quantitative estimate of drug-likeness (QED) is 0.751. The van der Waals surface area contributed by atoms with E-state index in [4.69, 9.17) is 10.5 Å². The molecule has 1 unspecified atom stereocenters. The van der Waals surface area contributed by atoms with Gasteiger partial charge in [0, 0.05) is 25.0 Å². The normalized spacial score (nSPS) is 21.3. The average Bonchev–Trinajstić information content (AvgIpc) is 2.29. The molecule has 2 N–H and O–H groups in total. The first kappa shape index (κ1) is 10.3. The van der Waals surface area contributed by atoms with Gasteiger partial charge in [-0.3, -0.25) is 0 Å². The van der Waals surface area contributed by atoms with Crippen LogP contribution in [0.25, 0.3) is 0 Å². The highest BCUT2D eigenvalue weighted by atomic mass is 16.5. The molecule has 1 heterocycles. The molecule has 0 aromatic heterocycles. The maximum absolute atomic E-state index is 5.77. The number of nitrogen functional groups attached to an aromatic ring is 1. The number of nitrogens with zero attached hydrogens (tertiary/aromatic N) is 1. The minimum Gasteiger partial charge on any atom is -0.399 e. The molecular weight excluding hydrogens is 188 g/mol. The molecular formula is C12H18N2O. The van der Waals surface area contributed by atoms with Crippen LogP contribution < -0.4 is 10.6 Å². The fourth-order valence-corrected chi connectivity index (χ4v) is 1.98. The Hall–Kier alpha value is -1.22. The summed E-state index contributed by atoms with van der Waals surface area (Å²) in [6.45, 7) is 1.73. The van der Waals surface area contributed by atoms with E-state index in [0.29, 0.717) is 6.04 Å². The Labute approximate surface area is 90.8 Å². The van der Waals surface area contributed by atoms with Gasteiger partial charge < -0.3 is 15.4 Å². The van der Waals surface area contributed by atoms with Crippen LogP contribution in [0.2, 0.25) is 0 Å². The molecule has 0 aliphatic carbocycles. The zero-order valence-electron chi connectivity index (χ0n) is 9.15. The van der Waals surface area contributed by atoms with Gasteiger partial charge in [0.25, 0.3) is 0 Å². The maximum Gasteiger partial charge on any atom is 0.0669 e. The van der Waals surface area contributed by atoms with E-state index in [1.807, 2.05) is 18.2 Å². The van der Waals surface area contributed by atoms with Crippen molar-refractivity contribution in [2.45, 2.75) is 18.9 Å². The van der Waals surface area contributed by atoms with E-state index in [2.05, 4.69) is 18.0 Å². The zero-order chi connectivity index (χ0) is 10.7. The van der Waals surface area contributed by atoms with Gasteiger partial charge in [-0.1, -0.05) is 6.07 Å². The van der Waals surface area contributed by atoms with E-state index in [0.717, 1.165) is 25.3 Å². The van der Waals surface area contributed by atoms with Crippen LogP contribution in [-0.2, 0) is 4.74 Å². The third-order valence-electron chi connectivity index (χ3n) is 2.96. The lowest BCUT2D eigenvalue weighted by atomic mass is 10.1. The summed E-state index contributed by atoms with van der Waals surface area (Å²) in [5, 5.41) is 0. The van der Waals surface area contributed by atoms with E-state index < -0.39 is 0 Å². The molecule has 0 radical (unpaired) electrons. The number of likely N-dealkylation sites (N-methyl/N-ethyl adjacent to an activating group) is 1. The molecule has 1 aromatic rings. The van der Waals surface area contributed by atoms with Gasteiger partial charge >= 0.3 is 0 Å². The highest BCUT2D eigenvalue weighted by Gasteiger charge is 2.18. The van der Waals surface area contributed by atoms with Crippen molar-refractivity contribution in [1.29, 1.82) is 0 Å². The van der Waals surface area contributed by atoms with Crippen molar-refractivity contribution in [2.75, 3.05) is 30.9 Å². The summed E-state index contributed by atoms with van der Waals surface area (Å²) in [5.41, 5.74) is 7.76. The number of anilines is 2. The largest absolute Gasteiger partial charge is 0.399 e. The predicted octanol–water partition coefficient (Wildman–Crippen LogP) is 1.88. The second-order valence-electron chi connectivity index (χ2n) is 4.08. The van der Waals surface area contributed by atoms with Crippen LogP contribution in [-0.4, -0.2) is 26.3 Å². The third kappa shape index (κ3) is 2.42. The monoisotopic (exact) mass is 206 g/mol. The predicted molar refractivity (Wildman–Crippen MR) is 63.1 cm³/mol. The van der Waals surface area contributed by atoms with Gasteiger partial charge in [0.2, 0.25) is 0 Å². The molecule has 82 valence electrons. The minimum absolute atomic E-state index is 0.487. The minimum atomic E-state index is 0.487. The average molecular weight is 206 g/mol. The number of rotatable bonds is 2. The number of hydrogen-bond acceptors (Lipinski definition) is 3. The lowest BCUT2D eigenvalue weighted by Gasteiger charge is -2.32. The first-order valence-corrected chi connectivity index (χ1v) is 5.43. The summed E-state index contributed by atoms with van der Waals surface area (Å²) < 4.78 is 5.48. The molecule has 1 aromatic carbocycles. The van der Waals surface area contributed by atoms with Crippen molar-refractivity contribution in [3.8, 4) is 0 Å². The number of benzene rings is 1. The van der Waals surface area contributed by atoms with Crippen LogP contribution in [0.3, 0.4) is 0 Å². The molecule has 0 spiro atoms. The molecule has 0 saturated carbocycles. The van der Waals surface area contributed by atoms with Crippen LogP contribution in [0.15, 0.2) is 24.3 Å². The zero-order valence-corrected chi connectivity index (χ0v) is 9.15. The van der Waals surface area contributed by atoms with Gasteiger partial charge in [-0.25, -0.2) is 0 Å². The molecule has 0 bridgehead atoms. The lowest BCUT2D eigenvalue weighted by Crippen LogP contribution is -2.38. The van der Waals surface area contributed by atoms with Crippen molar-refractivity contribution < 1.29 is 4.74 Å². The van der Waals surface area contributed by atoms with Gasteiger partial charge in [-0.05, 0) is 31.0 Å². The van der Waals surface area contributed by atoms with E-state index in [-0.39, 0.29) is 0 Å². The van der Waals surface area contributed by atoms with Gasteiger partial charge in [0.1, 0.15) is 0 Å². The fraction of sp³-hybridized carbons (Fsp3) is 0.500. The molecule has 0 amide bonds. The molecule has 3 heteroatoms. The van der Waals surface area contributed by atoms with Crippen LogP contribution in [0.5, 0.6) is 0 Å². The molecule has 1 aliphatic heterocycles. The van der Waals surface area contributed by atoms with Crippen LogP contribution in [0.4, 0.5) is 11.4 Å². The smallest absolute Gasteiger partial charge is 0.0669 e. The Bertz CT molecular complexity index is 321. The Kier molecular flexibility index (Phi) is 3.11. The fourth-order valence-electron chi connectivity index (χ4n) is 1.98. The first-order valence-electron chi connectivity index (χ1n) is 5.43. The van der Waals surface area contributed by atoms with Crippen LogP contribution >= 0.6 is 0 Å². The van der Waals surface area contributed by atoms with E-state index in [1.165, 1.54) is 12.1 Å². The molecule has 15 heavy (non-hydrogen) atoms. The Morgan fingerprint density at radius 1 is 1.47 bits per heavy atom. The third-order valence-corrected chi connectivity index (χ3v) is 2.96. The summed E-state index contributed by atoms with van der Waals surface area (Å²) in [5.74, 6) is 0. The van der Waals surface area contributed by atoms with Crippen molar-refractivity contribution in [3.05, 3.63) is 24.3 Å². The number of nitrogens with two attached hydrogens (primary N) is 1. The summed E-state index contributed by atoms with van der Waals surface area (Å²) in [6.07, 6.45) is 2.35. The maximum atomic E-state index is 5.77. The van der Waals surface area contributed by atoms with E-state index in [9.17, 15) is 0 Å². The topological polar surface area (TPSA) is 38.5 Å². The Morgan fingerprint density at radius 2 is 2.33 bits per heavy atom. The highest BCUT2D eigenvalue weighted by Crippen LogP contribution is 2.21. The summed E-state index contributed by atoms with van der Waals surface area (Å²) >= 11 is 0. The molecule has 1 saturated heterocycles. The first-order chi connectivity index (χ1) is 7.27. The number of ether oxygens (including phenoxy) is 1. The summed E-state index contributed by atoms with van der Waals surface area (Å²) in [4.78, 5) is 2.26. The standard InChI is InChI=1S/C12H18N2O/c1-14(12-6-3-7-15-9-12)11-5-2-4-10(13)8-11/h2,4-5,8,12H,3,6-7,9,13H2,1H3. The molecule has 2 rings (SSSR count). The van der Waals surface area contributed by atoms with Gasteiger partial charge in [-0.15, -0.1) is 0 Å². The summed E-state index contributed by atoms with van der Waals surface area (Å²) in [6, 6.07) is 8.49. The highest BCUT2D eigenvalue weighted by molar-refractivity contribution is 5.56. The molecule has 1 atom stereocenters. The number of hydrogen-bond donors (Lipinski definition) is 1. The second-order valence-corrected chi connectivity index (χ2v) is 4.08. The van der Waals surface area contributed by atoms with E-state index in [1.54, 1.807) is 0 Å². The van der Waals surface area contributed by atoms with Crippen molar-refractivity contribution in [1.82, 2.24) is 0 Å². The van der Waals surface area contributed by atoms with Crippen molar-refractivity contribution in [3.63, 3.8) is 0 Å². The molecule has 3 nitrogen and oxygen atoms in total. The van der Waals surface area contributed by atoms with Crippen molar-refractivity contribution >= 4 is 11.4 Å². The van der Waals surface area contributed by atoms with Gasteiger partial charge in [-0.2, -0.15) is 0 Å². The van der Waals surface area contributed by atoms with Gasteiger partial charge in [0.15, 0.2) is 0 Å². The second kappa shape index (κ2) is 4.53. The lowest BCUT2D eigenvalue weighted by molar-refractivity contribution is 0.0807. The van der Waals surface area contributed by atoms with Crippen molar-refractivity contribution in [2.24, 2.45) is 0 Å². The Balaban J connectivity index is 2.08. The Morgan fingerprint density at radius 3 is 3.00 bits per heavy atom. The van der Waals surface area contributed by atoms with Crippen LogP contribution in [0.1, 0.15) is 12.8 Å². The van der Waals surface area contributed by atoms with Crippen LogP contribution in [0, 0.1) is 0 Å².